The van der Waals surface area contributed by atoms with Crippen LogP contribution in [0.25, 0.3) is 0 Å². The van der Waals surface area contributed by atoms with Gasteiger partial charge < -0.3 is 20.1 Å². The monoisotopic (exact) mass is 476 g/mol. The Balaban J connectivity index is 0.00000338. The van der Waals surface area contributed by atoms with Crippen LogP contribution in [0.5, 0.6) is 5.75 Å². The van der Waals surface area contributed by atoms with Crippen LogP contribution in [0.2, 0.25) is 0 Å². The number of halogens is 1. The molecule has 1 fully saturated rings. The van der Waals surface area contributed by atoms with Gasteiger partial charge in [0.1, 0.15) is 12.4 Å². The van der Waals surface area contributed by atoms with Gasteiger partial charge in [-0.25, -0.2) is 0 Å². The fourth-order valence-corrected chi connectivity index (χ4v) is 3.11. The van der Waals surface area contributed by atoms with E-state index in [1.807, 2.05) is 19.2 Å². The van der Waals surface area contributed by atoms with Crippen LogP contribution in [0.4, 0.5) is 0 Å². The van der Waals surface area contributed by atoms with E-state index in [0.29, 0.717) is 19.3 Å². The summed E-state index contributed by atoms with van der Waals surface area (Å²) in [5.74, 6) is 1.72. The maximum absolute atomic E-state index is 5.58. The highest BCUT2D eigenvalue weighted by molar-refractivity contribution is 14.0. The molecule has 0 amide bonds. The number of rotatable bonds is 9. The van der Waals surface area contributed by atoms with Crippen LogP contribution in [-0.4, -0.2) is 63.9 Å². The number of nitrogens with one attached hydrogen (secondary N) is 2. The smallest absolute Gasteiger partial charge is 0.191 e. The maximum Gasteiger partial charge on any atom is 0.191 e. The highest BCUT2D eigenvalue weighted by Gasteiger charge is 2.22. The number of guanidine groups is 1. The summed E-state index contributed by atoms with van der Waals surface area (Å²) in [6.07, 6.45) is 2.56. The van der Waals surface area contributed by atoms with Gasteiger partial charge in [0.15, 0.2) is 5.96 Å². The van der Waals surface area contributed by atoms with Crippen molar-refractivity contribution < 1.29 is 9.47 Å². The Morgan fingerprint density at radius 2 is 2.00 bits per heavy atom. The number of likely N-dealkylation sites (N-methyl/N-ethyl adjacent to an activating group) is 1. The molecule has 1 saturated heterocycles. The summed E-state index contributed by atoms with van der Waals surface area (Å²) in [6, 6.07) is 8.73. The van der Waals surface area contributed by atoms with E-state index in [-0.39, 0.29) is 24.0 Å². The highest BCUT2D eigenvalue weighted by atomic mass is 127. The van der Waals surface area contributed by atoms with E-state index in [2.05, 4.69) is 39.6 Å². The number of benzene rings is 1. The lowest BCUT2D eigenvalue weighted by atomic mass is 10.2. The zero-order valence-electron chi connectivity index (χ0n) is 16.2. The maximum atomic E-state index is 5.58. The standard InChI is InChI=1S/C19H32N4O2.HI/c1-4-23-11-5-6-17(23)15-22-19(20-2)21-14-16-7-9-18(10-8-16)25-13-12-24-3;/h7-10,17H,4-6,11-15H2,1-3H3,(H2,20,21,22);1H. The first kappa shape index (κ1) is 23.0. The quantitative estimate of drug-likeness (QED) is 0.248. The van der Waals surface area contributed by atoms with Gasteiger partial charge in [-0.05, 0) is 43.6 Å². The second kappa shape index (κ2) is 13.2. The summed E-state index contributed by atoms with van der Waals surface area (Å²) in [4.78, 5) is 6.85. The van der Waals surface area contributed by atoms with Crippen molar-refractivity contribution in [1.29, 1.82) is 0 Å². The fraction of sp³-hybridized carbons (Fsp3) is 0.632. The predicted octanol–water partition coefficient (Wildman–Crippen LogP) is 2.48. The van der Waals surface area contributed by atoms with Gasteiger partial charge in [0, 0.05) is 33.3 Å². The average Bonchev–Trinajstić information content (AvgIpc) is 3.11. The molecular weight excluding hydrogens is 443 g/mol. The first-order chi connectivity index (χ1) is 12.3. The third-order valence-corrected chi connectivity index (χ3v) is 4.57. The number of methoxy groups -OCH3 is 1. The van der Waals surface area contributed by atoms with Crippen LogP contribution in [-0.2, 0) is 11.3 Å². The summed E-state index contributed by atoms with van der Waals surface area (Å²) in [5.41, 5.74) is 1.19. The van der Waals surface area contributed by atoms with Gasteiger partial charge >= 0.3 is 0 Å². The fourth-order valence-electron chi connectivity index (χ4n) is 3.11. The summed E-state index contributed by atoms with van der Waals surface area (Å²) in [5, 5.41) is 6.82. The zero-order chi connectivity index (χ0) is 17.9. The average molecular weight is 476 g/mol. The molecule has 148 valence electrons. The normalized spacial score (nSPS) is 17.7. The molecule has 0 bridgehead atoms. The van der Waals surface area contributed by atoms with Crippen molar-refractivity contribution in [2.45, 2.75) is 32.4 Å². The molecule has 1 unspecified atom stereocenters. The molecule has 2 rings (SSSR count). The summed E-state index contributed by atoms with van der Waals surface area (Å²) in [7, 11) is 3.49. The van der Waals surface area contributed by atoms with Crippen LogP contribution in [0.3, 0.4) is 0 Å². The van der Waals surface area contributed by atoms with Crippen molar-refractivity contribution >= 4 is 29.9 Å². The van der Waals surface area contributed by atoms with Crippen LogP contribution in [0.15, 0.2) is 29.3 Å². The minimum atomic E-state index is 0. The SMILES string of the molecule is CCN1CCCC1CNC(=NC)NCc1ccc(OCCOC)cc1.I. The summed E-state index contributed by atoms with van der Waals surface area (Å²) in [6.45, 7) is 7.42. The number of ether oxygens (including phenoxy) is 2. The van der Waals surface area contributed by atoms with E-state index in [0.717, 1.165) is 31.3 Å². The van der Waals surface area contributed by atoms with E-state index < -0.39 is 0 Å². The van der Waals surface area contributed by atoms with Crippen molar-refractivity contribution in [2.75, 3.05) is 47.0 Å². The number of hydrogen-bond donors (Lipinski definition) is 2. The van der Waals surface area contributed by atoms with E-state index in [1.54, 1.807) is 7.11 Å². The number of aliphatic imine (C=N–C) groups is 1. The summed E-state index contributed by atoms with van der Waals surface area (Å²) < 4.78 is 10.6. The van der Waals surface area contributed by atoms with E-state index >= 15 is 0 Å². The Morgan fingerprint density at radius 1 is 1.23 bits per heavy atom. The second-order valence-corrected chi connectivity index (χ2v) is 6.22. The molecule has 1 atom stereocenters. The van der Waals surface area contributed by atoms with Gasteiger partial charge in [0.05, 0.1) is 6.61 Å². The first-order valence-corrected chi connectivity index (χ1v) is 9.16. The first-order valence-electron chi connectivity index (χ1n) is 9.16. The van der Waals surface area contributed by atoms with Gasteiger partial charge in [-0.3, -0.25) is 9.89 Å². The molecule has 2 N–H and O–H groups in total. The molecule has 1 aliphatic rings. The van der Waals surface area contributed by atoms with Crippen LogP contribution in [0, 0.1) is 0 Å². The molecule has 26 heavy (non-hydrogen) atoms. The van der Waals surface area contributed by atoms with E-state index in [4.69, 9.17) is 9.47 Å². The second-order valence-electron chi connectivity index (χ2n) is 6.22. The zero-order valence-corrected chi connectivity index (χ0v) is 18.5. The Morgan fingerprint density at radius 3 is 2.65 bits per heavy atom. The van der Waals surface area contributed by atoms with Crippen LogP contribution in [0.1, 0.15) is 25.3 Å². The lowest BCUT2D eigenvalue weighted by molar-refractivity contribution is 0.146. The number of hydrogen-bond acceptors (Lipinski definition) is 4. The summed E-state index contributed by atoms with van der Waals surface area (Å²) >= 11 is 0. The van der Waals surface area contributed by atoms with Gasteiger partial charge in [0.25, 0.3) is 0 Å². The molecule has 0 spiro atoms. The molecule has 0 aliphatic carbocycles. The van der Waals surface area contributed by atoms with Gasteiger partial charge in [-0.2, -0.15) is 0 Å². The van der Waals surface area contributed by atoms with Crippen LogP contribution >= 0.6 is 24.0 Å². The molecule has 0 radical (unpaired) electrons. The van der Waals surface area contributed by atoms with Crippen molar-refractivity contribution in [1.82, 2.24) is 15.5 Å². The Hall–Kier alpha value is -1.06. The Bertz CT molecular complexity index is 525. The predicted molar refractivity (Wildman–Crippen MR) is 118 cm³/mol. The molecule has 7 heteroatoms. The molecule has 1 aliphatic heterocycles. The lowest BCUT2D eigenvalue weighted by Gasteiger charge is -2.24. The third-order valence-electron chi connectivity index (χ3n) is 4.57. The molecule has 0 saturated carbocycles. The van der Waals surface area contributed by atoms with Crippen molar-refractivity contribution in [3.05, 3.63) is 29.8 Å². The van der Waals surface area contributed by atoms with E-state index in [1.165, 1.54) is 24.9 Å². The third kappa shape index (κ3) is 7.67. The van der Waals surface area contributed by atoms with Crippen molar-refractivity contribution in [2.24, 2.45) is 4.99 Å². The topological polar surface area (TPSA) is 58.1 Å². The van der Waals surface area contributed by atoms with Gasteiger partial charge in [-0.1, -0.05) is 19.1 Å². The van der Waals surface area contributed by atoms with Gasteiger partial charge in [0.2, 0.25) is 0 Å². The Kier molecular flexibility index (Phi) is 11.6. The van der Waals surface area contributed by atoms with E-state index in [9.17, 15) is 0 Å². The number of nitrogens with zero attached hydrogens (tertiary/aromatic N) is 2. The molecule has 0 aromatic heterocycles. The number of likely N-dealkylation sites (tertiary alicyclic amines) is 1. The molecule has 1 aromatic rings. The lowest BCUT2D eigenvalue weighted by Crippen LogP contribution is -2.44. The molecule has 1 aromatic carbocycles. The minimum absolute atomic E-state index is 0. The molecule has 1 heterocycles. The minimum Gasteiger partial charge on any atom is -0.491 e. The highest BCUT2D eigenvalue weighted by Crippen LogP contribution is 2.15. The van der Waals surface area contributed by atoms with Gasteiger partial charge in [-0.15, -0.1) is 24.0 Å². The molecule has 6 nitrogen and oxygen atoms in total. The Labute approximate surface area is 174 Å². The van der Waals surface area contributed by atoms with Crippen molar-refractivity contribution in [3.63, 3.8) is 0 Å². The molecular formula is C19H33IN4O2. The largest absolute Gasteiger partial charge is 0.491 e. The van der Waals surface area contributed by atoms with Crippen LogP contribution < -0.4 is 15.4 Å². The van der Waals surface area contributed by atoms with Crippen molar-refractivity contribution in [3.8, 4) is 5.75 Å².